The van der Waals surface area contributed by atoms with Crippen molar-refractivity contribution in [1.82, 2.24) is 19.6 Å². The molecular weight excluding hydrogens is 348 g/mol. The number of hydrogen-bond donors (Lipinski definition) is 1. The number of aryl methyl sites for hydroxylation is 1. The topological polar surface area (TPSA) is 111 Å². The molecule has 1 N–H and O–H groups in total. The second kappa shape index (κ2) is 8.54. The van der Waals surface area contributed by atoms with Crippen LogP contribution in [0.1, 0.15) is 18.4 Å². The van der Waals surface area contributed by atoms with Crippen LogP contribution in [0.15, 0.2) is 12.5 Å². The molecule has 0 aliphatic carbocycles. The zero-order chi connectivity index (χ0) is 18.4. The maximum absolute atomic E-state index is 12.6. The molecule has 1 saturated heterocycles. The Morgan fingerprint density at radius 2 is 2.24 bits per heavy atom. The summed E-state index contributed by atoms with van der Waals surface area (Å²) < 4.78 is 36.4. The number of nitrogens with zero attached hydrogens (tertiary/aromatic N) is 3. The van der Waals surface area contributed by atoms with Gasteiger partial charge < -0.3 is 14.4 Å². The zero-order valence-corrected chi connectivity index (χ0v) is 15.5. The first-order valence-electron chi connectivity index (χ1n) is 7.97. The summed E-state index contributed by atoms with van der Waals surface area (Å²) in [6.45, 7) is 2.39. The van der Waals surface area contributed by atoms with Gasteiger partial charge in [0.05, 0.1) is 18.9 Å². The van der Waals surface area contributed by atoms with Crippen molar-refractivity contribution in [2.75, 3.05) is 33.1 Å². The quantitative estimate of drug-likeness (QED) is 0.701. The number of aromatic nitrogens is 2. The van der Waals surface area contributed by atoms with Crippen molar-refractivity contribution >= 4 is 15.9 Å². The van der Waals surface area contributed by atoms with Gasteiger partial charge in [-0.1, -0.05) is 0 Å². The molecule has 140 valence electrons. The molecular formula is C15H24N4O5S. The molecule has 1 aliphatic heterocycles. The summed E-state index contributed by atoms with van der Waals surface area (Å²) in [6.07, 6.45) is 5.42. The first kappa shape index (κ1) is 19.5. The number of piperidine rings is 1. The van der Waals surface area contributed by atoms with Gasteiger partial charge in [-0.2, -0.15) is 0 Å². The number of carbonyl (C=O) groups excluding carboxylic acids is 1. The van der Waals surface area contributed by atoms with Crippen molar-refractivity contribution in [3.05, 3.63) is 18.1 Å². The van der Waals surface area contributed by atoms with E-state index in [2.05, 4.69) is 14.7 Å². The number of nitrogens with one attached hydrogen (secondary N) is 1. The monoisotopic (exact) mass is 372 g/mol. The lowest BCUT2D eigenvalue weighted by atomic mass is 9.97. The highest BCUT2D eigenvalue weighted by Gasteiger charge is 2.35. The lowest BCUT2D eigenvalue weighted by Crippen LogP contribution is -2.59. The Bertz CT molecular complexity index is 697. The average molecular weight is 372 g/mol. The van der Waals surface area contributed by atoms with Gasteiger partial charge >= 0.3 is 0 Å². The van der Waals surface area contributed by atoms with Crippen molar-refractivity contribution in [3.8, 4) is 5.88 Å². The Morgan fingerprint density at radius 3 is 2.88 bits per heavy atom. The molecule has 2 rings (SSSR count). The number of amides is 1. The van der Waals surface area contributed by atoms with Crippen LogP contribution in [-0.4, -0.2) is 74.4 Å². The van der Waals surface area contributed by atoms with E-state index in [4.69, 9.17) is 9.47 Å². The molecule has 25 heavy (non-hydrogen) atoms. The van der Waals surface area contributed by atoms with Gasteiger partial charge in [0.1, 0.15) is 6.33 Å². The predicted octanol–water partition coefficient (Wildman–Crippen LogP) is -0.281. The van der Waals surface area contributed by atoms with Gasteiger partial charge in [0.15, 0.2) is 6.61 Å². The van der Waals surface area contributed by atoms with Crippen molar-refractivity contribution in [2.24, 2.45) is 0 Å². The number of likely N-dealkylation sites (tertiary alicyclic amines) is 1. The smallest absolute Gasteiger partial charge is 0.260 e. The van der Waals surface area contributed by atoms with E-state index < -0.39 is 10.0 Å². The summed E-state index contributed by atoms with van der Waals surface area (Å²) >= 11 is 0. The summed E-state index contributed by atoms with van der Waals surface area (Å²) in [7, 11) is -1.85. The van der Waals surface area contributed by atoms with Crippen LogP contribution in [0.4, 0.5) is 0 Å². The van der Waals surface area contributed by atoms with Crippen LogP contribution >= 0.6 is 0 Å². The third-order valence-electron chi connectivity index (χ3n) is 3.98. The summed E-state index contributed by atoms with van der Waals surface area (Å²) in [5.74, 6) is 0.120. The summed E-state index contributed by atoms with van der Waals surface area (Å²) in [5, 5.41) is 0. The fourth-order valence-corrected chi connectivity index (χ4v) is 3.73. The van der Waals surface area contributed by atoms with E-state index >= 15 is 0 Å². The largest absolute Gasteiger partial charge is 0.467 e. The van der Waals surface area contributed by atoms with Crippen LogP contribution in [0.5, 0.6) is 5.88 Å². The minimum atomic E-state index is -3.38. The molecule has 0 spiro atoms. The normalized spacial score (nSPS) is 21.2. The highest BCUT2D eigenvalue weighted by molar-refractivity contribution is 7.88. The SMILES string of the molecule is COCC1C(NS(C)(=O)=O)CCCN1C(=O)COc1ncncc1C. The lowest BCUT2D eigenvalue weighted by molar-refractivity contribution is -0.139. The standard InChI is InChI=1S/C15H24N4O5S/c1-11-7-16-10-17-15(11)24-9-14(20)19-6-4-5-12(13(19)8-23-2)18-25(3,21)22/h7,10,12-13,18H,4-6,8-9H2,1-3H3. The number of hydrogen-bond acceptors (Lipinski definition) is 7. The summed E-state index contributed by atoms with van der Waals surface area (Å²) in [5.41, 5.74) is 0.735. The molecule has 9 nitrogen and oxygen atoms in total. The number of sulfonamides is 1. The van der Waals surface area contributed by atoms with Gasteiger partial charge in [-0.05, 0) is 19.8 Å². The fourth-order valence-electron chi connectivity index (χ4n) is 2.91. The zero-order valence-electron chi connectivity index (χ0n) is 14.6. The first-order chi connectivity index (χ1) is 11.8. The van der Waals surface area contributed by atoms with Crippen molar-refractivity contribution in [2.45, 2.75) is 31.8 Å². The first-order valence-corrected chi connectivity index (χ1v) is 9.86. The van der Waals surface area contributed by atoms with Crippen LogP contribution in [-0.2, 0) is 19.6 Å². The van der Waals surface area contributed by atoms with Crippen LogP contribution in [0, 0.1) is 6.92 Å². The number of rotatable bonds is 7. The molecule has 1 aliphatic rings. The third-order valence-corrected chi connectivity index (χ3v) is 4.71. The Kier molecular flexibility index (Phi) is 6.68. The summed E-state index contributed by atoms with van der Waals surface area (Å²) in [4.78, 5) is 22.1. The second-order valence-corrected chi connectivity index (χ2v) is 7.83. The van der Waals surface area contributed by atoms with Crippen molar-refractivity contribution < 1.29 is 22.7 Å². The fraction of sp³-hybridized carbons (Fsp3) is 0.667. The molecule has 0 bridgehead atoms. The van der Waals surface area contributed by atoms with Gasteiger partial charge in [0.25, 0.3) is 5.91 Å². The van der Waals surface area contributed by atoms with Crippen LogP contribution in [0.3, 0.4) is 0 Å². The van der Waals surface area contributed by atoms with E-state index in [1.54, 1.807) is 18.0 Å². The van der Waals surface area contributed by atoms with Gasteiger partial charge in [-0.3, -0.25) is 4.79 Å². The molecule has 2 atom stereocenters. The van der Waals surface area contributed by atoms with Crippen LogP contribution in [0.2, 0.25) is 0 Å². The number of methoxy groups -OCH3 is 1. The Balaban J connectivity index is 2.06. The Hall–Kier alpha value is -1.78. The Labute approximate surface area is 147 Å². The molecule has 0 aromatic carbocycles. The molecule has 1 fully saturated rings. The van der Waals surface area contributed by atoms with E-state index in [0.717, 1.165) is 11.8 Å². The van der Waals surface area contributed by atoms with Gasteiger partial charge in [-0.25, -0.2) is 23.1 Å². The third kappa shape index (κ3) is 5.62. The molecule has 2 unspecified atom stereocenters. The molecule has 1 aromatic rings. The van der Waals surface area contributed by atoms with E-state index in [-0.39, 0.29) is 31.2 Å². The molecule has 0 saturated carbocycles. The Morgan fingerprint density at radius 1 is 1.48 bits per heavy atom. The van der Waals surface area contributed by atoms with E-state index in [1.165, 1.54) is 13.4 Å². The van der Waals surface area contributed by atoms with Crippen LogP contribution < -0.4 is 9.46 Å². The molecule has 1 amide bonds. The minimum Gasteiger partial charge on any atom is -0.467 e. The predicted molar refractivity (Wildman–Crippen MR) is 90.6 cm³/mol. The average Bonchev–Trinajstić information content (AvgIpc) is 2.54. The molecule has 2 heterocycles. The molecule has 1 aromatic heterocycles. The number of carbonyl (C=O) groups is 1. The highest BCUT2D eigenvalue weighted by atomic mass is 32.2. The minimum absolute atomic E-state index is 0.177. The second-order valence-electron chi connectivity index (χ2n) is 6.05. The lowest BCUT2D eigenvalue weighted by Gasteiger charge is -2.40. The van der Waals surface area contributed by atoms with Gasteiger partial charge in [0.2, 0.25) is 15.9 Å². The van der Waals surface area contributed by atoms with E-state index in [1.807, 2.05) is 0 Å². The van der Waals surface area contributed by atoms with Gasteiger partial charge in [0, 0.05) is 31.5 Å². The molecule has 10 heteroatoms. The molecule has 0 radical (unpaired) electrons. The van der Waals surface area contributed by atoms with E-state index in [9.17, 15) is 13.2 Å². The highest BCUT2D eigenvalue weighted by Crippen LogP contribution is 2.20. The number of ether oxygens (including phenoxy) is 2. The van der Waals surface area contributed by atoms with Crippen molar-refractivity contribution in [1.29, 1.82) is 0 Å². The van der Waals surface area contributed by atoms with Crippen molar-refractivity contribution in [3.63, 3.8) is 0 Å². The summed E-state index contributed by atoms with van der Waals surface area (Å²) in [6, 6.07) is -0.760. The van der Waals surface area contributed by atoms with Gasteiger partial charge in [-0.15, -0.1) is 0 Å². The van der Waals surface area contributed by atoms with E-state index in [0.29, 0.717) is 25.3 Å². The van der Waals surface area contributed by atoms with Crippen LogP contribution in [0.25, 0.3) is 0 Å². The maximum atomic E-state index is 12.6. The maximum Gasteiger partial charge on any atom is 0.260 e.